The van der Waals surface area contributed by atoms with Crippen LogP contribution in [0, 0.1) is 0 Å². The molecule has 0 saturated carbocycles. The first-order valence-electron chi connectivity index (χ1n) is 7.16. The number of rotatable bonds is 3. The van der Waals surface area contributed by atoms with Gasteiger partial charge in [0.25, 0.3) is 0 Å². The molecule has 1 N–H and O–H groups in total. The molecule has 7 heteroatoms. The number of carbonyl (C=O) groups excluding carboxylic acids is 1. The number of nitrogens with zero attached hydrogens (tertiary/aromatic N) is 3. The Morgan fingerprint density at radius 2 is 2.14 bits per heavy atom. The molecular formula is C15H22Cl2N4O. The number of nitrogens with one attached hydrogen (secondary N) is 1. The molecule has 1 atom stereocenters. The molecule has 1 aromatic carbocycles. The fourth-order valence-corrected chi connectivity index (χ4v) is 2.76. The van der Waals surface area contributed by atoms with Crippen LogP contribution >= 0.6 is 24.8 Å². The van der Waals surface area contributed by atoms with E-state index in [2.05, 4.69) is 21.8 Å². The molecule has 5 nitrogen and oxygen atoms in total. The van der Waals surface area contributed by atoms with Gasteiger partial charge in [0.1, 0.15) is 0 Å². The quantitative estimate of drug-likeness (QED) is 0.927. The van der Waals surface area contributed by atoms with Gasteiger partial charge in [-0.05, 0) is 19.1 Å². The van der Waals surface area contributed by atoms with Crippen molar-refractivity contribution in [3.05, 3.63) is 30.6 Å². The number of piperazine rings is 1. The van der Waals surface area contributed by atoms with Gasteiger partial charge < -0.3 is 14.8 Å². The van der Waals surface area contributed by atoms with Crippen LogP contribution in [0.4, 0.5) is 0 Å². The van der Waals surface area contributed by atoms with E-state index < -0.39 is 0 Å². The van der Waals surface area contributed by atoms with Crippen LogP contribution in [-0.2, 0) is 11.3 Å². The summed E-state index contributed by atoms with van der Waals surface area (Å²) >= 11 is 0. The van der Waals surface area contributed by atoms with Gasteiger partial charge in [-0.3, -0.25) is 4.79 Å². The molecule has 1 aromatic heterocycles. The Kier molecular flexibility index (Phi) is 7.13. The second-order valence-corrected chi connectivity index (χ2v) is 5.32. The summed E-state index contributed by atoms with van der Waals surface area (Å²) < 4.78 is 2.06. The van der Waals surface area contributed by atoms with E-state index >= 15 is 0 Å². The molecular weight excluding hydrogens is 323 g/mol. The Labute approximate surface area is 142 Å². The Hall–Kier alpha value is -1.30. The number of aromatic nitrogens is 2. The molecule has 0 radical (unpaired) electrons. The van der Waals surface area contributed by atoms with Crippen molar-refractivity contribution in [3.8, 4) is 0 Å². The predicted octanol–water partition coefficient (Wildman–Crippen LogP) is 2.09. The van der Waals surface area contributed by atoms with Crippen molar-refractivity contribution in [2.24, 2.45) is 0 Å². The summed E-state index contributed by atoms with van der Waals surface area (Å²) in [5.41, 5.74) is 2.07. The maximum Gasteiger partial charge on any atom is 0.224 e. The van der Waals surface area contributed by atoms with Crippen molar-refractivity contribution < 1.29 is 4.79 Å². The number of benzene rings is 1. The average Bonchev–Trinajstić information content (AvgIpc) is 2.88. The molecule has 1 aliphatic heterocycles. The number of amides is 1. The van der Waals surface area contributed by atoms with Crippen molar-refractivity contribution in [2.75, 3.05) is 19.6 Å². The van der Waals surface area contributed by atoms with E-state index in [1.165, 1.54) is 0 Å². The first-order valence-corrected chi connectivity index (χ1v) is 7.16. The van der Waals surface area contributed by atoms with Crippen LogP contribution in [0.15, 0.2) is 30.6 Å². The minimum absolute atomic E-state index is 0. The lowest BCUT2D eigenvalue weighted by Gasteiger charge is -2.34. The molecule has 0 bridgehead atoms. The van der Waals surface area contributed by atoms with E-state index in [4.69, 9.17) is 0 Å². The second-order valence-electron chi connectivity index (χ2n) is 5.32. The summed E-state index contributed by atoms with van der Waals surface area (Å²) in [6.07, 6.45) is 2.35. The van der Waals surface area contributed by atoms with Gasteiger partial charge in [-0.15, -0.1) is 24.8 Å². The first-order chi connectivity index (χ1) is 9.75. The van der Waals surface area contributed by atoms with Gasteiger partial charge in [-0.2, -0.15) is 0 Å². The van der Waals surface area contributed by atoms with Crippen LogP contribution < -0.4 is 5.32 Å². The first kappa shape index (κ1) is 18.7. The normalized spacial score (nSPS) is 17.7. The third-order valence-electron chi connectivity index (χ3n) is 3.92. The summed E-state index contributed by atoms with van der Waals surface area (Å²) in [5, 5.41) is 3.30. The number of fused-ring (bicyclic) bond motifs is 1. The smallest absolute Gasteiger partial charge is 0.224 e. The standard InChI is InChI=1S/C15H20N4O.2ClH/c1-12-10-16-7-9-19(12)15(20)6-8-18-11-17-13-4-2-3-5-14(13)18;;/h2-5,11-12,16H,6-10H2,1H3;2*1H. The molecule has 0 spiro atoms. The third kappa shape index (κ3) is 3.91. The van der Waals surface area contributed by atoms with Crippen LogP contribution in [0.2, 0.25) is 0 Å². The van der Waals surface area contributed by atoms with Gasteiger partial charge >= 0.3 is 0 Å². The Balaban J connectivity index is 0.00000121. The maximum absolute atomic E-state index is 12.3. The highest BCUT2D eigenvalue weighted by Crippen LogP contribution is 2.13. The highest BCUT2D eigenvalue weighted by molar-refractivity contribution is 5.85. The van der Waals surface area contributed by atoms with Gasteiger partial charge in [0.2, 0.25) is 5.91 Å². The van der Waals surface area contributed by atoms with Gasteiger partial charge in [0.05, 0.1) is 17.4 Å². The third-order valence-corrected chi connectivity index (χ3v) is 3.92. The van der Waals surface area contributed by atoms with Crippen molar-refractivity contribution in [3.63, 3.8) is 0 Å². The molecule has 1 fully saturated rings. The fourth-order valence-electron chi connectivity index (χ4n) is 2.76. The van der Waals surface area contributed by atoms with E-state index in [1.54, 1.807) is 0 Å². The molecule has 1 unspecified atom stereocenters. The minimum Gasteiger partial charge on any atom is -0.337 e. The van der Waals surface area contributed by atoms with E-state index in [9.17, 15) is 4.79 Å². The van der Waals surface area contributed by atoms with Gasteiger partial charge in [0.15, 0.2) is 0 Å². The number of hydrogen-bond donors (Lipinski definition) is 1. The largest absolute Gasteiger partial charge is 0.337 e. The van der Waals surface area contributed by atoms with E-state index in [0.717, 1.165) is 30.7 Å². The van der Waals surface area contributed by atoms with Crippen LogP contribution in [0.25, 0.3) is 11.0 Å². The molecule has 3 rings (SSSR count). The highest BCUT2D eigenvalue weighted by atomic mass is 35.5. The Morgan fingerprint density at radius 3 is 2.91 bits per heavy atom. The lowest BCUT2D eigenvalue weighted by Crippen LogP contribution is -2.52. The molecule has 2 heterocycles. The van der Waals surface area contributed by atoms with Crippen molar-refractivity contribution in [2.45, 2.75) is 25.9 Å². The highest BCUT2D eigenvalue weighted by Gasteiger charge is 2.22. The monoisotopic (exact) mass is 344 g/mol. The van der Waals surface area contributed by atoms with Gasteiger partial charge in [-0.1, -0.05) is 12.1 Å². The van der Waals surface area contributed by atoms with Gasteiger partial charge in [0, 0.05) is 38.6 Å². The summed E-state index contributed by atoms with van der Waals surface area (Å²) in [6, 6.07) is 8.30. The minimum atomic E-state index is 0. The maximum atomic E-state index is 12.3. The van der Waals surface area contributed by atoms with Crippen molar-refractivity contribution >= 4 is 41.8 Å². The SMILES string of the molecule is CC1CNCCN1C(=O)CCn1cnc2ccccc21.Cl.Cl. The second kappa shape index (κ2) is 8.36. The number of imidazole rings is 1. The lowest BCUT2D eigenvalue weighted by molar-refractivity contribution is -0.134. The number of aryl methyl sites for hydroxylation is 1. The molecule has 22 heavy (non-hydrogen) atoms. The molecule has 2 aromatic rings. The Morgan fingerprint density at radius 1 is 1.36 bits per heavy atom. The lowest BCUT2D eigenvalue weighted by atomic mass is 10.2. The summed E-state index contributed by atoms with van der Waals surface area (Å²) in [5.74, 6) is 0.233. The molecule has 1 aliphatic rings. The average molecular weight is 345 g/mol. The Bertz CT molecular complexity index is 616. The van der Waals surface area contributed by atoms with E-state index in [1.807, 2.05) is 35.5 Å². The van der Waals surface area contributed by atoms with Crippen LogP contribution in [0.5, 0.6) is 0 Å². The summed E-state index contributed by atoms with van der Waals surface area (Å²) in [4.78, 5) is 18.6. The summed E-state index contributed by atoms with van der Waals surface area (Å²) in [7, 11) is 0. The zero-order valence-corrected chi connectivity index (χ0v) is 14.2. The van der Waals surface area contributed by atoms with E-state index in [0.29, 0.717) is 13.0 Å². The van der Waals surface area contributed by atoms with Crippen LogP contribution in [-0.4, -0.2) is 46.0 Å². The molecule has 1 amide bonds. The van der Waals surface area contributed by atoms with Gasteiger partial charge in [-0.25, -0.2) is 4.98 Å². The number of carbonyl (C=O) groups is 1. The topological polar surface area (TPSA) is 50.2 Å². The fraction of sp³-hybridized carbons (Fsp3) is 0.467. The number of halogens is 2. The summed E-state index contributed by atoms with van der Waals surface area (Å²) in [6.45, 7) is 5.38. The zero-order chi connectivity index (χ0) is 13.9. The molecule has 122 valence electrons. The predicted molar refractivity (Wildman–Crippen MR) is 92.9 cm³/mol. The number of hydrogen-bond acceptors (Lipinski definition) is 3. The van der Waals surface area contributed by atoms with Crippen molar-refractivity contribution in [1.29, 1.82) is 0 Å². The zero-order valence-electron chi connectivity index (χ0n) is 12.6. The van der Waals surface area contributed by atoms with Crippen molar-refractivity contribution in [1.82, 2.24) is 19.8 Å². The van der Waals surface area contributed by atoms with Crippen LogP contribution in [0.1, 0.15) is 13.3 Å². The molecule has 1 saturated heterocycles. The van der Waals surface area contributed by atoms with E-state index in [-0.39, 0.29) is 36.8 Å². The molecule has 0 aliphatic carbocycles. The van der Waals surface area contributed by atoms with Crippen LogP contribution in [0.3, 0.4) is 0 Å². The number of para-hydroxylation sites is 2.